The highest BCUT2D eigenvalue weighted by Crippen LogP contribution is 2.35. The molecule has 2 aromatic carbocycles. The molecule has 6 heterocycles. The van der Waals surface area contributed by atoms with Crippen LogP contribution in [0.3, 0.4) is 0 Å². The lowest BCUT2D eigenvalue weighted by atomic mass is 9.96. The van der Waals surface area contributed by atoms with Crippen LogP contribution in [-0.4, -0.2) is 135 Å². The van der Waals surface area contributed by atoms with Crippen LogP contribution in [0.4, 0.5) is 24.8 Å². The van der Waals surface area contributed by atoms with E-state index in [0.29, 0.717) is 109 Å². The van der Waals surface area contributed by atoms with E-state index in [0.717, 1.165) is 12.1 Å². The first-order chi connectivity index (χ1) is 29.8. The molecule has 328 valence electrons. The number of fused-ring (bicyclic) bond motifs is 4. The van der Waals surface area contributed by atoms with Crippen LogP contribution in [0.5, 0.6) is 5.75 Å². The Bertz CT molecular complexity index is 2580. The molecule has 2 aliphatic heterocycles. The summed E-state index contributed by atoms with van der Waals surface area (Å²) in [5.41, 5.74) is 2.44. The Balaban J connectivity index is 1.28. The average molecular weight is 860 g/mol. The second-order valence-electron chi connectivity index (χ2n) is 15.6. The quantitative estimate of drug-likeness (QED) is 0.112. The van der Waals surface area contributed by atoms with E-state index in [1.165, 1.54) is 29.1 Å². The summed E-state index contributed by atoms with van der Waals surface area (Å²) < 4.78 is 51.1. The lowest BCUT2D eigenvalue weighted by Gasteiger charge is -2.38. The predicted molar refractivity (Wildman–Crippen MR) is 222 cm³/mol. The van der Waals surface area contributed by atoms with E-state index in [1.807, 2.05) is 23.3 Å². The van der Waals surface area contributed by atoms with Crippen LogP contribution in [0.1, 0.15) is 37.8 Å². The van der Waals surface area contributed by atoms with Crippen LogP contribution < -0.4 is 15.0 Å². The second kappa shape index (κ2) is 17.8. The molecule has 1 saturated heterocycles. The van der Waals surface area contributed by atoms with Crippen molar-refractivity contribution in [2.75, 3.05) is 62.9 Å². The number of ether oxygens (including phenoxy) is 1. The van der Waals surface area contributed by atoms with Crippen molar-refractivity contribution in [1.82, 2.24) is 44.1 Å². The van der Waals surface area contributed by atoms with Gasteiger partial charge < -0.3 is 49.7 Å². The van der Waals surface area contributed by atoms with E-state index in [-0.39, 0.29) is 43.0 Å². The van der Waals surface area contributed by atoms with Crippen LogP contribution >= 0.6 is 0 Å². The number of pyridine rings is 1. The van der Waals surface area contributed by atoms with E-state index in [1.54, 1.807) is 28.0 Å². The zero-order valence-corrected chi connectivity index (χ0v) is 34.3. The van der Waals surface area contributed by atoms with Crippen LogP contribution in [0, 0.1) is 24.5 Å². The molecule has 6 aromatic rings. The van der Waals surface area contributed by atoms with Gasteiger partial charge in [-0.3, -0.25) is 4.79 Å². The van der Waals surface area contributed by atoms with Crippen molar-refractivity contribution in [2.24, 2.45) is 5.92 Å². The normalized spacial score (nSPS) is 17.0. The molecular formula is C42H48F3N11O6. The maximum absolute atomic E-state index is 15.2. The Morgan fingerprint density at radius 3 is 2.56 bits per heavy atom. The highest BCUT2D eigenvalue weighted by atomic mass is 19.1. The molecule has 8 rings (SSSR count). The Morgan fingerprint density at radius 1 is 0.984 bits per heavy atom. The van der Waals surface area contributed by atoms with Gasteiger partial charge in [0.1, 0.15) is 53.3 Å². The Hall–Kier alpha value is -5.93. The molecule has 4 aromatic heterocycles. The second-order valence-corrected chi connectivity index (χ2v) is 15.6. The summed E-state index contributed by atoms with van der Waals surface area (Å²) in [6, 6.07) is 10.6. The number of aliphatic hydroxyl groups is 4. The van der Waals surface area contributed by atoms with Gasteiger partial charge >= 0.3 is 6.16 Å². The first-order valence-electron chi connectivity index (χ1n) is 20.6. The van der Waals surface area contributed by atoms with Gasteiger partial charge in [0.05, 0.1) is 35.0 Å². The molecule has 0 radical (unpaired) electrons. The minimum atomic E-state index is -3.66. The molecular weight excluding hydrogens is 812 g/mol. The predicted octanol–water partition coefficient (Wildman–Crippen LogP) is 3.49. The van der Waals surface area contributed by atoms with Gasteiger partial charge in [-0.2, -0.15) is 5.10 Å². The fourth-order valence-corrected chi connectivity index (χ4v) is 8.44. The zero-order chi connectivity index (χ0) is 43.7. The number of carbonyl (C=O) groups excluding carboxylic acids is 1. The molecule has 2 bridgehead atoms. The summed E-state index contributed by atoms with van der Waals surface area (Å²) in [6.07, 6.45) is -0.666. The average Bonchev–Trinajstić information content (AvgIpc) is 3.78. The molecule has 17 nitrogen and oxygen atoms in total. The summed E-state index contributed by atoms with van der Waals surface area (Å²) in [4.78, 5) is 40.0. The number of hydrogen-bond donors (Lipinski definition) is 5. The Kier molecular flexibility index (Phi) is 12.3. The smallest absolute Gasteiger partial charge is 0.414 e. The van der Waals surface area contributed by atoms with E-state index in [9.17, 15) is 34.0 Å². The summed E-state index contributed by atoms with van der Waals surface area (Å²) in [5.74, 6) is -0.119. The number of rotatable bonds is 12. The van der Waals surface area contributed by atoms with Crippen LogP contribution in [0.2, 0.25) is 0 Å². The first kappa shape index (κ1) is 42.7. The van der Waals surface area contributed by atoms with Crippen molar-refractivity contribution in [3.05, 3.63) is 78.0 Å². The highest BCUT2D eigenvalue weighted by molar-refractivity contribution is 5.93. The van der Waals surface area contributed by atoms with Gasteiger partial charge in [0.25, 0.3) is 0 Å². The van der Waals surface area contributed by atoms with Gasteiger partial charge in [0.2, 0.25) is 5.91 Å². The SMILES string of the molecule is CCC1C(=O)N(CCCO)CCCn2c(C)nc3cc(F)cc(c32)-c2cccc(n2)NCN1c1nc(CC2CN(CCF)C2)nc2c1cnn2-c1ccc(F)cc1OC(O)(O)O. The molecule has 1 atom stereocenters. The van der Waals surface area contributed by atoms with Crippen LogP contribution in [0.15, 0.2) is 54.7 Å². The zero-order valence-electron chi connectivity index (χ0n) is 34.3. The minimum Gasteiger partial charge on any atom is -0.414 e. The number of nitrogens with zero attached hydrogens (tertiary/aromatic N) is 10. The lowest BCUT2D eigenvalue weighted by Crippen LogP contribution is -2.51. The van der Waals surface area contributed by atoms with E-state index in [4.69, 9.17) is 19.7 Å². The van der Waals surface area contributed by atoms with Gasteiger partial charge in [0.15, 0.2) is 11.4 Å². The summed E-state index contributed by atoms with van der Waals surface area (Å²) in [7, 11) is 0. The minimum absolute atomic E-state index is 0.00634. The van der Waals surface area contributed by atoms with E-state index < -0.39 is 36.3 Å². The number of carbonyl (C=O) groups is 1. The number of halogens is 3. The Morgan fingerprint density at radius 2 is 1.81 bits per heavy atom. The monoisotopic (exact) mass is 859 g/mol. The van der Waals surface area contributed by atoms with Crippen molar-refractivity contribution in [2.45, 2.75) is 58.3 Å². The number of anilines is 2. The molecule has 2 aliphatic rings. The van der Waals surface area contributed by atoms with Crippen LogP contribution in [-0.2, 0) is 17.8 Å². The number of likely N-dealkylation sites (tertiary alicyclic amines) is 1. The van der Waals surface area contributed by atoms with Gasteiger partial charge in [0, 0.05) is 70.0 Å². The number of aromatic nitrogens is 7. The summed E-state index contributed by atoms with van der Waals surface area (Å²) in [5, 5.41) is 47.4. The third-order valence-electron chi connectivity index (χ3n) is 11.2. The standard InChI is InChI=1S/C42H48F3N11O6/c1-3-33-41(58)53(13-6-16-57)12-5-14-54-25(2)48-32-19-28(45)18-29(38(32)54)31-7-4-8-36(49-31)46-24-55(33)39-30-21-47-56(34-10-9-27(44)20-35(34)62-42(59,60)61)40(30)51-37(50-39)17-26-22-52(23-26)15-11-43/h4,7-10,18-21,26,33,57,59-61H,3,5-6,11-17,22-24H2,1-2H3,(H,46,49). The molecule has 0 spiro atoms. The molecule has 0 aliphatic carbocycles. The number of hydrogen-bond acceptors (Lipinski definition) is 14. The molecule has 1 fully saturated rings. The topological polar surface area (TPSA) is 203 Å². The maximum atomic E-state index is 15.2. The number of aliphatic hydroxyl groups excluding tert-OH is 1. The van der Waals surface area contributed by atoms with E-state index >= 15 is 4.39 Å². The number of alkyl halides is 1. The molecule has 1 amide bonds. The first-order valence-corrected chi connectivity index (χ1v) is 20.6. The number of imidazole rings is 1. The van der Waals surface area contributed by atoms with Crippen molar-refractivity contribution >= 4 is 39.6 Å². The van der Waals surface area contributed by atoms with Gasteiger partial charge in [-0.15, -0.1) is 0 Å². The molecule has 20 heteroatoms. The van der Waals surface area contributed by atoms with Crippen molar-refractivity contribution < 1.29 is 43.1 Å². The Labute approximate surface area is 354 Å². The fourth-order valence-electron chi connectivity index (χ4n) is 8.44. The maximum Gasteiger partial charge on any atom is 0.453 e. The van der Waals surface area contributed by atoms with Crippen molar-refractivity contribution in [3.8, 4) is 22.7 Å². The number of amides is 1. The van der Waals surface area contributed by atoms with Gasteiger partial charge in [-0.1, -0.05) is 13.0 Å². The summed E-state index contributed by atoms with van der Waals surface area (Å²) in [6.45, 7) is 5.68. The number of benzene rings is 2. The van der Waals surface area contributed by atoms with Gasteiger partial charge in [-0.25, -0.2) is 37.8 Å². The third kappa shape index (κ3) is 8.86. The van der Waals surface area contributed by atoms with Gasteiger partial charge in [-0.05, 0) is 62.4 Å². The summed E-state index contributed by atoms with van der Waals surface area (Å²) >= 11 is 0. The van der Waals surface area contributed by atoms with E-state index in [2.05, 4.69) is 15.4 Å². The highest BCUT2D eigenvalue weighted by Gasteiger charge is 2.34. The largest absolute Gasteiger partial charge is 0.453 e. The van der Waals surface area contributed by atoms with Crippen molar-refractivity contribution in [1.29, 1.82) is 0 Å². The molecule has 0 saturated carbocycles. The van der Waals surface area contributed by atoms with Crippen molar-refractivity contribution in [3.63, 3.8) is 0 Å². The lowest BCUT2D eigenvalue weighted by molar-refractivity contribution is -0.419. The number of aryl methyl sites for hydroxylation is 2. The molecule has 62 heavy (non-hydrogen) atoms. The van der Waals surface area contributed by atoms with Crippen LogP contribution in [0.25, 0.3) is 39.0 Å². The third-order valence-corrected chi connectivity index (χ3v) is 11.2. The number of nitrogens with one attached hydrogen (secondary N) is 1. The fraction of sp³-hybridized carbons (Fsp3) is 0.429. The molecule has 5 N–H and O–H groups in total. The molecule has 1 unspecified atom stereocenters.